The summed E-state index contributed by atoms with van der Waals surface area (Å²) in [6.45, 7) is 7.51. The van der Waals surface area contributed by atoms with Crippen LogP contribution in [0.2, 0.25) is 0 Å². The first-order chi connectivity index (χ1) is 8.54. The Bertz CT molecular complexity index is 348. The van der Waals surface area contributed by atoms with Gasteiger partial charge in [-0.25, -0.2) is 4.79 Å². The van der Waals surface area contributed by atoms with E-state index in [9.17, 15) is 9.59 Å². The second-order valence-electron chi connectivity index (χ2n) is 3.74. The fourth-order valence-corrected chi connectivity index (χ4v) is 1.34. The number of carboxylic acids is 1. The summed E-state index contributed by atoms with van der Waals surface area (Å²) < 4.78 is 0. The minimum absolute atomic E-state index is 0.180. The maximum atomic E-state index is 11.4. The number of carbonyl (C=O) groups is 2. The second kappa shape index (κ2) is 9.18. The molecule has 0 aliphatic carbocycles. The van der Waals surface area contributed by atoms with E-state index in [-0.39, 0.29) is 18.7 Å². The van der Waals surface area contributed by atoms with Crippen LogP contribution in [0, 0.1) is 0 Å². The zero-order chi connectivity index (χ0) is 14.0. The fraction of sp³-hybridized carbons (Fsp3) is 0.385. The lowest BCUT2D eigenvalue weighted by atomic mass is 10.1. The highest BCUT2D eigenvalue weighted by Gasteiger charge is 2.20. The standard InChI is InChI=1S/C13H20N2O3/c1-3-6-10(4-2)9-11(13(17)18)15-12(16)7-5-8-14/h3-4,6,11H,1-2,5,7-9,14H2,(H,15,16)(H,17,18)/b10-6+. The third-order valence-electron chi connectivity index (χ3n) is 2.28. The molecule has 1 atom stereocenters. The quantitative estimate of drug-likeness (QED) is 0.533. The van der Waals surface area contributed by atoms with Crippen molar-refractivity contribution in [2.24, 2.45) is 5.73 Å². The summed E-state index contributed by atoms with van der Waals surface area (Å²) in [7, 11) is 0. The van der Waals surface area contributed by atoms with Crippen LogP contribution in [0.25, 0.3) is 0 Å². The first-order valence-electron chi connectivity index (χ1n) is 5.71. The molecule has 1 unspecified atom stereocenters. The Balaban J connectivity index is 4.52. The molecule has 0 saturated heterocycles. The van der Waals surface area contributed by atoms with Crippen LogP contribution in [-0.2, 0) is 9.59 Å². The van der Waals surface area contributed by atoms with E-state index in [1.807, 2.05) is 0 Å². The Labute approximate surface area is 107 Å². The highest BCUT2D eigenvalue weighted by molar-refractivity contribution is 5.83. The molecule has 4 N–H and O–H groups in total. The molecule has 5 heteroatoms. The molecule has 0 radical (unpaired) electrons. The van der Waals surface area contributed by atoms with Crippen molar-refractivity contribution in [1.82, 2.24) is 5.32 Å². The molecule has 0 spiro atoms. The number of hydrogen-bond donors (Lipinski definition) is 3. The Morgan fingerprint density at radius 1 is 1.39 bits per heavy atom. The molecule has 0 aliphatic rings. The summed E-state index contributed by atoms with van der Waals surface area (Å²) >= 11 is 0. The first-order valence-corrected chi connectivity index (χ1v) is 5.71. The van der Waals surface area contributed by atoms with E-state index in [1.54, 1.807) is 18.2 Å². The molecule has 0 fully saturated rings. The van der Waals surface area contributed by atoms with Crippen molar-refractivity contribution in [2.45, 2.75) is 25.3 Å². The first kappa shape index (κ1) is 16.1. The van der Waals surface area contributed by atoms with Gasteiger partial charge in [-0.1, -0.05) is 31.4 Å². The zero-order valence-corrected chi connectivity index (χ0v) is 10.4. The molecule has 18 heavy (non-hydrogen) atoms. The Morgan fingerprint density at radius 2 is 2.06 bits per heavy atom. The largest absolute Gasteiger partial charge is 0.480 e. The third kappa shape index (κ3) is 6.65. The van der Waals surface area contributed by atoms with Crippen molar-refractivity contribution in [2.75, 3.05) is 6.54 Å². The topological polar surface area (TPSA) is 92.4 Å². The average molecular weight is 252 g/mol. The summed E-state index contributed by atoms with van der Waals surface area (Å²) in [5.74, 6) is -1.39. The molecule has 0 aromatic rings. The number of carboxylic acid groups (broad SMARTS) is 1. The lowest BCUT2D eigenvalue weighted by molar-refractivity contribution is -0.141. The van der Waals surface area contributed by atoms with Crippen LogP contribution in [0.1, 0.15) is 19.3 Å². The van der Waals surface area contributed by atoms with Gasteiger partial charge in [-0.3, -0.25) is 4.79 Å². The summed E-state index contributed by atoms with van der Waals surface area (Å²) in [6.07, 6.45) is 5.70. The van der Waals surface area contributed by atoms with E-state index in [0.29, 0.717) is 18.5 Å². The van der Waals surface area contributed by atoms with E-state index < -0.39 is 12.0 Å². The number of nitrogens with one attached hydrogen (secondary N) is 1. The van der Waals surface area contributed by atoms with Gasteiger partial charge in [0.15, 0.2) is 0 Å². The number of amides is 1. The molecular weight excluding hydrogens is 232 g/mol. The van der Waals surface area contributed by atoms with Crippen LogP contribution >= 0.6 is 0 Å². The summed E-state index contributed by atoms with van der Waals surface area (Å²) in [6, 6.07) is -0.959. The van der Waals surface area contributed by atoms with Gasteiger partial charge in [-0.15, -0.1) is 0 Å². The molecule has 0 bridgehead atoms. The molecule has 0 saturated carbocycles. The Morgan fingerprint density at radius 3 is 2.50 bits per heavy atom. The van der Waals surface area contributed by atoms with Crippen LogP contribution < -0.4 is 11.1 Å². The van der Waals surface area contributed by atoms with E-state index in [2.05, 4.69) is 18.5 Å². The highest BCUT2D eigenvalue weighted by Crippen LogP contribution is 2.08. The van der Waals surface area contributed by atoms with Gasteiger partial charge in [0.05, 0.1) is 0 Å². The van der Waals surface area contributed by atoms with Gasteiger partial charge in [-0.2, -0.15) is 0 Å². The fourth-order valence-electron chi connectivity index (χ4n) is 1.34. The van der Waals surface area contributed by atoms with Crippen molar-refractivity contribution in [3.05, 3.63) is 37.0 Å². The summed E-state index contributed by atoms with van der Waals surface area (Å²) in [5.41, 5.74) is 5.98. The van der Waals surface area contributed by atoms with E-state index >= 15 is 0 Å². The van der Waals surface area contributed by atoms with Crippen LogP contribution in [0.15, 0.2) is 37.0 Å². The number of allylic oxidation sites excluding steroid dienone is 3. The highest BCUT2D eigenvalue weighted by atomic mass is 16.4. The normalized spacial score (nSPS) is 12.6. The molecule has 0 rings (SSSR count). The summed E-state index contributed by atoms with van der Waals surface area (Å²) in [4.78, 5) is 22.5. The Hall–Kier alpha value is -1.88. The third-order valence-corrected chi connectivity index (χ3v) is 2.28. The van der Waals surface area contributed by atoms with Crippen LogP contribution in [0.3, 0.4) is 0 Å². The average Bonchev–Trinajstić information content (AvgIpc) is 2.34. The number of aliphatic carboxylic acids is 1. The van der Waals surface area contributed by atoms with Crippen LogP contribution in [0.4, 0.5) is 0 Å². The number of carbonyl (C=O) groups excluding carboxylic acids is 1. The van der Waals surface area contributed by atoms with Gasteiger partial charge in [0.2, 0.25) is 5.91 Å². The van der Waals surface area contributed by atoms with Crippen LogP contribution in [0.5, 0.6) is 0 Å². The number of hydrogen-bond acceptors (Lipinski definition) is 3. The Kier molecular flexibility index (Phi) is 8.22. The van der Waals surface area contributed by atoms with Gasteiger partial charge in [-0.05, 0) is 18.5 Å². The monoisotopic (exact) mass is 252 g/mol. The number of nitrogens with two attached hydrogens (primary N) is 1. The second-order valence-corrected chi connectivity index (χ2v) is 3.74. The van der Waals surface area contributed by atoms with Gasteiger partial charge >= 0.3 is 5.97 Å². The molecule has 0 aromatic carbocycles. The van der Waals surface area contributed by atoms with Gasteiger partial charge in [0.25, 0.3) is 0 Å². The molecule has 5 nitrogen and oxygen atoms in total. The SMILES string of the molecule is C=C/C=C(\C=C)CC(NC(=O)CCCN)C(=O)O. The van der Waals surface area contributed by atoms with Crippen molar-refractivity contribution < 1.29 is 14.7 Å². The predicted molar refractivity (Wildman–Crippen MR) is 70.9 cm³/mol. The zero-order valence-electron chi connectivity index (χ0n) is 10.4. The minimum Gasteiger partial charge on any atom is -0.480 e. The van der Waals surface area contributed by atoms with Gasteiger partial charge < -0.3 is 16.2 Å². The molecule has 0 aliphatic heterocycles. The van der Waals surface area contributed by atoms with Crippen molar-refractivity contribution in [3.8, 4) is 0 Å². The van der Waals surface area contributed by atoms with Gasteiger partial charge in [0, 0.05) is 12.8 Å². The predicted octanol–water partition coefficient (Wildman–Crippen LogP) is 0.983. The van der Waals surface area contributed by atoms with Crippen LogP contribution in [-0.4, -0.2) is 29.6 Å². The lowest BCUT2D eigenvalue weighted by Crippen LogP contribution is -2.41. The van der Waals surface area contributed by atoms with Gasteiger partial charge in [0.1, 0.15) is 6.04 Å². The van der Waals surface area contributed by atoms with E-state index in [0.717, 1.165) is 0 Å². The molecule has 100 valence electrons. The maximum Gasteiger partial charge on any atom is 0.326 e. The molecule has 0 heterocycles. The van der Waals surface area contributed by atoms with E-state index in [1.165, 1.54) is 0 Å². The smallest absolute Gasteiger partial charge is 0.326 e. The molecular formula is C13H20N2O3. The number of rotatable bonds is 9. The summed E-state index contributed by atoms with van der Waals surface area (Å²) in [5, 5.41) is 11.5. The lowest BCUT2D eigenvalue weighted by Gasteiger charge is -2.14. The minimum atomic E-state index is -1.08. The molecule has 0 aromatic heterocycles. The van der Waals surface area contributed by atoms with Crippen molar-refractivity contribution in [1.29, 1.82) is 0 Å². The van der Waals surface area contributed by atoms with Crippen molar-refractivity contribution >= 4 is 11.9 Å². The van der Waals surface area contributed by atoms with E-state index in [4.69, 9.17) is 10.8 Å². The maximum absolute atomic E-state index is 11.4. The van der Waals surface area contributed by atoms with Crippen molar-refractivity contribution in [3.63, 3.8) is 0 Å². The molecule has 1 amide bonds.